The smallest absolute Gasteiger partial charge is 0.225 e. The summed E-state index contributed by atoms with van der Waals surface area (Å²) in [5.74, 6) is 0.478. The number of hydrogen-bond acceptors (Lipinski definition) is 2. The molecule has 1 heterocycles. The molecule has 3 nitrogen and oxygen atoms in total. The topological polar surface area (TPSA) is 46.3 Å². The Kier molecular flexibility index (Phi) is 3.79. The van der Waals surface area contributed by atoms with Gasteiger partial charge in [0, 0.05) is 25.6 Å². The molecule has 1 aliphatic rings. The Balaban J connectivity index is 2.01. The van der Waals surface area contributed by atoms with E-state index in [0.29, 0.717) is 12.5 Å². The van der Waals surface area contributed by atoms with Crippen LogP contribution in [0.5, 0.6) is 0 Å². The van der Waals surface area contributed by atoms with Crippen molar-refractivity contribution in [3.63, 3.8) is 0 Å². The van der Waals surface area contributed by atoms with Gasteiger partial charge < -0.3 is 10.6 Å². The average Bonchev–Trinajstić information content (AvgIpc) is 2.36. The maximum absolute atomic E-state index is 12.0. The van der Waals surface area contributed by atoms with E-state index in [1.54, 1.807) is 0 Å². The van der Waals surface area contributed by atoms with Crippen LogP contribution in [0.15, 0.2) is 24.3 Å². The normalized spacial score (nSPS) is 20.7. The van der Waals surface area contributed by atoms with E-state index >= 15 is 0 Å². The van der Waals surface area contributed by atoms with Gasteiger partial charge in [-0.05, 0) is 24.0 Å². The number of rotatable bonds is 3. The third-order valence-electron chi connectivity index (χ3n) is 3.43. The van der Waals surface area contributed by atoms with Crippen LogP contribution in [0.25, 0.3) is 0 Å². The van der Waals surface area contributed by atoms with E-state index in [2.05, 4.69) is 12.1 Å². The van der Waals surface area contributed by atoms with E-state index in [4.69, 9.17) is 5.73 Å². The summed E-state index contributed by atoms with van der Waals surface area (Å²) in [5.41, 5.74) is 7.88. The maximum Gasteiger partial charge on any atom is 0.225 e. The summed E-state index contributed by atoms with van der Waals surface area (Å²) in [4.78, 5) is 13.9. The Morgan fingerprint density at radius 1 is 1.29 bits per heavy atom. The van der Waals surface area contributed by atoms with Crippen molar-refractivity contribution in [2.75, 3.05) is 6.54 Å². The van der Waals surface area contributed by atoms with Crippen LogP contribution in [0.4, 0.5) is 0 Å². The molecule has 0 aliphatic carbocycles. The highest BCUT2D eigenvalue weighted by Crippen LogP contribution is 2.19. The fourth-order valence-corrected chi connectivity index (χ4v) is 2.29. The molecule has 1 amide bonds. The summed E-state index contributed by atoms with van der Waals surface area (Å²) < 4.78 is 0. The predicted molar refractivity (Wildman–Crippen MR) is 68.1 cm³/mol. The molecule has 1 aliphatic heterocycles. The molecule has 0 spiro atoms. The van der Waals surface area contributed by atoms with Gasteiger partial charge in [0.2, 0.25) is 5.91 Å². The number of nitrogens with two attached hydrogens (primary N) is 1. The molecule has 92 valence electrons. The van der Waals surface area contributed by atoms with Gasteiger partial charge >= 0.3 is 0 Å². The van der Waals surface area contributed by atoms with Crippen molar-refractivity contribution in [2.45, 2.75) is 32.9 Å². The lowest BCUT2D eigenvalue weighted by molar-refractivity contribution is -0.138. The Morgan fingerprint density at radius 3 is 2.59 bits per heavy atom. The molecular weight excluding hydrogens is 212 g/mol. The van der Waals surface area contributed by atoms with Gasteiger partial charge in [0.25, 0.3) is 0 Å². The highest BCUT2D eigenvalue weighted by molar-refractivity contribution is 5.79. The van der Waals surface area contributed by atoms with E-state index in [1.165, 1.54) is 5.56 Å². The maximum atomic E-state index is 12.0. The first-order chi connectivity index (χ1) is 8.20. The van der Waals surface area contributed by atoms with Crippen molar-refractivity contribution in [2.24, 2.45) is 11.7 Å². The van der Waals surface area contributed by atoms with E-state index in [0.717, 1.165) is 31.5 Å². The van der Waals surface area contributed by atoms with Crippen LogP contribution >= 0.6 is 0 Å². The number of carbonyl (C=O) groups is 1. The zero-order chi connectivity index (χ0) is 12.3. The van der Waals surface area contributed by atoms with Crippen molar-refractivity contribution in [1.82, 2.24) is 4.90 Å². The lowest BCUT2D eigenvalue weighted by Crippen LogP contribution is -2.39. The fraction of sp³-hybridized carbons (Fsp3) is 0.500. The minimum atomic E-state index is 0.187. The molecule has 1 aromatic carbocycles. The Labute approximate surface area is 103 Å². The van der Waals surface area contributed by atoms with Gasteiger partial charge in [-0.15, -0.1) is 0 Å². The first-order valence-corrected chi connectivity index (χ1v) is 6.27. The largest absolute Gasteiger partial charge is 0.338 e. The van der Waals surface area contributed by atoms with Gasteiger partial charge in [0.1, 0.15) is 0 Å². The predicted octanol–water partition coefficient (Wildman–Crippen LogP) is 1.90. The van der Waals surface area contributed by atoms with E-state index in [9.17, 15) is 4.79 Å². The van der Waals surface area contributed by atoms with Crippen molar-refractivity contribution in [1.29, 1.82) is 0 Å². The van der Waals surface area contributed by atoms with Crippen LogP contribution in [0.1, 0.15) is 30.9 Å². The molecule has 2 rings (SSSR count). The van der Waals surface area contributed by atoms with Crippen LogP contribution < -0.4 is 5.73 Å². The first-order valence-electron chi connectivity index (χ1n) is 6.27. The summed E-state index contributed by atoms with van der Waals surface area (Å²) >= 11 is 0. The molecule has 1 saturated heterocycles. The summed E-state index contributed by atoms with van der Waals surface area (Å²) in [5, 5.41) is 0. The van der Waals surface area contributed by atoms with Crippen molar-refractivity contribution >= 4 is 5.91 Å². The summed E-state index contributed by atoms with van der Waals surface area (Å²) in [6.45, 7) is 4.21. The van der Waals surface area contributed by atoms with Crippen LogP contribution in [0, 0.1) is 5.92 Å². The van der Waals surface area contributed by atoms with Crippen molar-refractivity contribution in [3.8, 4) is 0 Å². The van der Waals surface area contributed by atoms with Gasteiger partial charge in [-0.2, -0.15) is 0 Å². The SMILES string of the molecule is CC1CCCN(Cc2ccc(CN)cc2)C1=O. The average molecular weight is 232 g/mol. The molecule has 1 fully saturated rings. The molecule has 1 unspecified atom stereocenters. The molecule has 3 heteroatoms. The van der Waals surface area contributed by atoms with Crippen LogP contribution in [0.2, 0.25) is 0 Å². The molecule has 0 radical (unpaired) electrons. The molecule has 0 bridgehead atoms. The molecule has 0 saturated carbocycles. The number of benzene rings is 1. The number of carbonyl (C=O) groups excluding carboxylic acids is 1. The molecule has 1 atom stereocenters. The molecule has 1 aromatic rings. The third-order valence-corrected chi connectivity index (χ3v) is 3.43. The molecule has 2 N–H and O–H groups in total. The Hall–Kier alpha value is -1.35. The van der Waals surface area contributed by atoms with E-state index in [1.807, 2.05) is 24.0 Å². The van der Waals surface area contributed by atoms with Gasteiger partial charge in [-0.1, -0.05) is 31.2 Å². The summed E-state index contributed by atoms with van der Waals surface area (Å²) in [7, 11) is 0. The van der Waals surface area contributed by atoms with Crippen LogP contribution in [-0.2, 0) is 17.9 Å². The quantitative estimate of drug-likeness (QED) is 0.865. The Morgan fingerprint density at radius 2 is 1.94 bits per heavy atom. The third kappa shape index (κ3) is 2.86. The van der Waals surface area contributed by atoms with E-state index < -0.39 is 0 Å². The minimum absolute atomic E-state index is 0.187. The van der Waals surface area contributed by atoms with E-state index in [-0.39, 0.29) is 5.92 Å². The first kappa shape index (κ1) is 12.1. The second-order valence-corrected chi connectivity index (χ2v) is 4.82. The summed E-state index contributed by atoms with van der Waals surface area (Å²) in [6, 6.07) is 8.20. The van der Waals surface area contributed by atoms with Gasteiger partial charge in [0.15, 0.2) is 0 Å². The number of amides is 1. The van der Waals surface area contributed by atoms with Crippen molar-refractivity contribution in [3.05, 3.63) is 35.4 Å². The molecule has 17 heavy (non-hydrogen) atoms. The Bertz CT molecular complexity index is 386. The second-order valence-electron chi connectivity index (χ2n) is 4.82. The fourth-order valence-electron chi connectivity index (χ4n) is 2.29. The highest BCUT2D eigenvalue weighted by atomic mass is 16.2. The number of nitrogens with zero attached hydrogens (tertiary/aromatic N) is 1. The number of piperidine rings is 1. The van der Waals surface area contributed by atoms with Gasteiger partial charge in [-0.25, -0.2) is 0 Å². The van der Waals surface area contributed by atoms with Gasteiger partial charge in [0.05, 0.1) is 0 Å². The minimum Gasteiger partial charge on any atom is -0.338 e. The number of likely N-dealkylation sites (tertiary alicyclic amines) is 1. The van der Waals surface area contributed by atoms with Crippen LogP contribution in [-0.4, -0.2) is 17.4 Å². The monoisotopic (exact) mass is 232 g/mol. The molecule has 0 aromatic heterocycles. The van der Waals surface area contributed by atoms with Gasteiger partial charge in [-0.3, -0.25) is 4.79 Å². The highest BCUT2D eigenvalue weighted by Gasteiger charge is 2.24. The summed E-state index contributed by atoms with van der Waals surface area (Å²) in [6.07, 6.45) is 2.15. The second kappa shape index (κ2) is 5.32. The number of hydrogen-bond donors (Lipinski definition) is 1. The lowest BCUT2D eigenvalue weighted by Gasteiger charge is -2.30. The van der Waals surface area contributed by atoms with Crippen molar-refractivity contribution < 1.29 is 4.79 Å². The zero-order valence-electron chi connectivity index (χ0n) is 10.4. The van der Waals surface area contributed by atoms with Crippen LogP contribution in [0.3, 0.4) is 0 Å². The molecular formula is C14H20N2O. The lowest BCUT2D eigenvalue weighted by atomic mass is 9.98. The zero-order valence-corrected chi connectivity index (χ0v) is 10.4. The standard InChI is InChI=1S/C14H20N2O/c1-11-3-2-8-16(14(11)17)10-13-6-4-12(9-15)5-7-13/h4-7,11H,2-3,8-10,15H2,1H3.